The largest absolute Gasteiger partial charge is 0.393 e. The molecule has 1 saturated carbocycles. The maximum Gasteiger partial charge on any atom is 0.223 e. The first kappa shape index (κ1) is 19.8. The second-order valence-electron chi connectivity index (χ2n) is 8.55. The zero-order valence-corrected chi connectivity index (χ0v) is 18.1. The van der Waals surface area contributed by atoms with Crippen molar-refractivity contribution in [3.63, 3.8) is 0 Å². The molecule has 0 amide bonds. The molecule has 0 bridgehead atoms. The Balaban J connectivity index is 1.49. The average molecular weight is 418 g/mol. The van der Waals surface area contributed by atoms with Crippen LogP contribution in [0.2, 0.25) is 0 Å². The predicted molar refractivity (Wildman–Crippen MR) is 121 cm³/mol. The second kappa shape index (κ2) is 7.81. The highest BCUT2D eigenvalue weighted by atomic mass is 16.5. The Morgan fingerprint density at radius 3 is 2.84 bits per heavy atom. The molecule has 0 radical (unpaired) electrons. The molecule has 1 aliphatic rings. The van der Waals surface area contributed by atoms with Gasteiger partial charge in [-0.1, -0.05) is 17.3 Å². The monoisotopic (exact) mass is 417 g/mol. The zero-order valence-electron chi connectivity index (χ0n) is 18.1. The van der Waals surface area contributed by atoms with Crippen LogP contribution in [0.3, 0.4) is 0 Å². The fourth-order valence-corrected chi connectivity index (χ4v) is 4.63. The van der Waals surface area contributed by atoms with E-state index in [1.54, 1.807) is 0 Å². The molecule has 31 heavy (non-hydrogen) atoms. The third-order valence-corrected chi connectivity index (χ3v) is 6.21. The molecular formula is C24H27N5O2. The van der Waals surface area contributed by atoms with Crippen molar-refractivity contribution >= 4 is 16.9 Å². The van der Waals surface area contributed by atoms with Gasteiger partial charge in [0.15, 0.2) is 0 Å². The van der Waals surface area contributed by atoms with E-state index in [4.69, 9.17) is 9.51 Å². The summed E-state index contributed by atoms with van der Waals surface area (Å²) in [5.41, 5.74) is 7.02. The summed E-state index contributed by atoms with van der Waals surface area (Å²) < 4.78 is 5.33. The van der Waals surface area contributed by atoms with Crippen molar-refractivity contribution in [2.24, 2.45) is 0 Å². The summed E-state index contributed by atoms with van der Waals surface area (Å²) in [5, 5.41) is 18.6. The van der Waals surface area contributed by atoms with E-state index in [-0.39, 0.29) is 12.1 Å². The number of benzene rings is 1. The number of aromatic nitrogens is 4. The maximum atomic E-state index is 9.96. The first-order valence-corrected chi connectivity index (χ1v) is 10.8. The number of aliphatic hydroxyl groups is 1. The topological polar surface area (TPSA) is 99.9 Å². The summed E-state index contributed by atoms with van der Waals surface area (Å²) in [6.45, 7) is 5.92. The molecule has 1 fully saturated rings. The van der Waals surface area contributed by atoms with Crippen LogP contribution in [0.15, 0.2) is 35.1 Å². The van der Waals surface area contributed by atoms with Crippen molar-refractivity contribution in [2.75, 3.05) is 5.32 Å². The van der Waals surface area contributed by atoms with E-state index in [0.717, 1.165) is 76.0 Å². The quantitative estimate of drug-likeness (QED) is 0.436. The lowest BCUT2D eigenvalue weighted by Crippen LogP contribution is -2.30. The molecular weight excluding hydrogens is 390 g/mol. The summed E-state index contributed by atoms with van der Waals surface area (Å²) in [6, 6.07) is 6.56. The number of rotatable bonds is 4. The van der Waals surface area contributed by atoms with Crippen molar-refractivity contribution in [2.45, 2.75) is 58.6 Å². The molecule has 3 heterocycles. The Kier molecular flexibility index (Phi) is 4.98. The molecule has 7 nitrogen and oxygen atoms in total. The molecule has 160 valence electrons. The minimum atomic E-state index is -0.239. The van der Waals surface area contributed by atoms with Gasteiger partial charge in [0.05, 0.1) is 17.5 Å². The molecule has 0 spiro atoms. The van der Waals surface area contributed by atoms with E-state index < -0.39 is 0 Å². The van der Waals surface area contributed by atoms with Crippen LogP contribution in [0.4, 0.5) is 5.95 Å². The van der Waals surface area contributed by atoms with Crippen LogP contribution in [0.25, 0.3) is 33.3 Å². The Morgan fingerprint density at radius 2 is 2.06 bits per heavy atom. The summed E-state index contributed by atoms with van der Waals surface area (Å²) >= 11 is 0. The zero-order chi connectivity index (χ0) is 21.5. The molecule has 3 aromatic heterocycles. The highest BCUT2D eigenvalue weighted by Gasteiger charge is 2.21. The van der Waals surface area contributed by atoms with Gasteiger partial charge in [0.1, 0.15) is 5.76 Å². The van der Waals surface area contributed by atoms with E-state index in [9.17, 15) is 5.11 Å². The van der Waals surface area contributed by atoms with E-state index >= 15 is 0 Å². The average Bonchev–Trinajstić information content (AvgIpc) is 3.31. The SMILES string of the molecule is Cc1cnc(N[C@@H]2CCC[C@H](O)C2)nc1-c1c[nH]c2cc(-c3c(C)noc3C)ccc12. The number of aryl methyl sites for hydroxylation is 3. The van der Waals surface area contributed by atoms with Gasteiger partial charge in [0.2, 0.25) is 5.95 Å². The molecule has 0 saturated heterocycles. The molecule has 5 rings (SSSR count). The lowest BCUT2D eigenvalue weighted by Gasteiger charge is -2.26. The third-order valence-electron chi connectivity index (χ3n) is 6.21. The Labute approximate surface area is 180 Å². The Hall–Kier alpha value is -3.19. The molecule has 1 aromatic carbocycles. The first-order valence-electron chi connectivity index (χ1n) is 10.8. The van der Waals surface area contributed by atoms with E-state index in [0.29, 0.717) is 5.95 Å². The van der Waals surface area contributed by atoms with Gasteiger partial charge in [0, 0.05) is 40.5 Å². The number of fused-ring (bicyclic) bond motifs is 1. The second-order valence-corrected chi connectivity index (χ2v) is 8.55. The van der Waals surface area contributed by atoms with Crippen molar-refractivity contribution in [3.05, 3.63) is 47.6 Å². The normalized spacial score (nSPS) is 19.1. The minimum Gasteiger partial charge on any atom is -0.393 e. The van der Waals surface area contributed by atoms with E-state index in [2.05, 4.69) is 38.6 Å². The van der Waals surface area contributed by atoms with Crippen LogP contribution in [-0.4, -0.2) is 37.4 Å². The summed E-state index contributed by atoms with van der Waals surface area (Å²) in [5.74, 6) is 1.43. The fraction of sp³-hybridized carbons (Fsp3) is 0.375. The van der Waals surface area contributed by atoms with Gasteiger partial charge in [-0.2, -0.15) is 0 Å². The first-order chi connectivity index (χ1) is 15.0. The van der Waals surface area contributed by atoms with Crippen LogP contribution in [0.5, 0.6) is 0 Å². The summed E-state index contributed by atoms with van der Waals surface area (Å²) in [4.78, 5) is 12.7. The smallest absolute Gasteiger partial charge is 0.223 e. The van der Waals surface area contributed by atoms with E-state index in [1.807, 2.05) is 33.2 Å². The van der Waals surface area contributed by atoms with Gasteiger partial charge in [-0.05, 0) is 63.6 Å². The van der Waals surface area contributed by atoms with Gasteiger partial charge in [-0.3, -0.25) is 0 Å². The van der Waals surface area contributed by atoms with Crippen LogP contribution in [0.1, 0.15) is 42.7 Å². The summed E-state index contributed by atoms with van der Waals surface area (Å²) in [7, 11) is 0. The number of nitrogens with zero attached hydrogens (tertiary/aromatic N) is 3. The van der Waals surface area contributed by atoms with Gasteiger partial charge < -0.3 is 19.9 Å². The number of H-pyrrole nitrogens is 1. The molecule has 3 N–H and O–H groups in total. The van der Waals surface area contributed by atoms with E-state index in [1.165, 1.54) is 0 Å². The van der Waals surface area contributed by atoms with Crippen molar-refractivity contribution in [1.82, 2.24) is 20.1 Å². The number of hydrogen-bond donors (Lipinski definition) is 3. The molecule has 2 atom stereocenters. The van der Waals surface area contributed by atoms with Crippen LogP contribution in [0, 0.1) is 20.8 Å². The van der Waals surface area contributed by atoms with Crippen LogP contribution >= 0.6 is 0 Å². The number of nitrogens with one attached hydrogen (secondary N) is 2. The minimum absolute atomic E-state index is 0.208. The van der Waals surface area contributed by atoms with Gasteiger partial charge in [-0.25, -0.2) is 9.97 Å². The number of anilines is 1. The fourth-order valence-electron chi connectivity index (χ4n) is 4.63. The highest BCUT2D eigenvalue weighted by Crippen LogP contribution is 2.34. The van der Waals surface area contributed by atoms with Gasteiger partial charge in [0.25, 0.3) is 0 Å². The number of aromatic amines is 1. The Bertz CT molecular complexity index is 1220. The third kappa shape index (κ3) is 3.70. The highest BCUT2D eigenvalue weighted by molar-refractivity contribution is 5.97. The van der Waals surface area contributed by atoms with Gasteiger partial charge in [-0.15, -0.1) is 0 Å². The van der Waals surface area contributed by atoms with Crippen molar-refractivity contribution in [1.29, 1.82) is 0 Å². The number of aliphatic hydroxyl groups excluding tert-OH is 1. The summed E-state index contributed by atoms with van der Waals surface area (Å²) in [6.07, 6.45) is 7.30. The maximum absolute atomic E-state index is 9.96. The lowest BCUT2D eigenvalue weighted by molar-refractivity contribution is 0.124. The van der Waals surface area contributed by atoms with Crippen molar-refractivity contribution in [3.8, 4) is 22.4 Å². The van der Waals surface area contributed by atoms with Crippen LogP contribution in [-0.2, 0) is 0 Å². The predicted octanol–water partition coefficient (Wildman–Crippen LogP) is 4.92. The molecule has 7 heteroatoms. The molecule has 0 unspecified atom stereocenters. The Morgan fingerprint density at radius 1 is 1.19 bits per heavy atom. The van der Waals surface area contributed by atoms with Crippen molar-refractivity contribution < 1.29 is 9.63 Å². The molecule has 1 aliphatic carbocycles. The standard InChI is InChI=1S/C24H27N5O2/c1-13-11-26-24(27-17-5-4-6-18(30)10-17)28-23(13)20-12-25-21-9-16(7-8-19(20)21)22-14(2)29-31-15(22)3/h7-9,11-12,17-18,25,30H,4-6,10H2,1-3H3,(H,26,27,28)/t17-,18+/m1/s1. The lowest BCUT2D eigenvalue weighted by atomic mass is 9.93. The molecule has 0 aliphatic heterocycles. The van der Waals surface area contributed by atoms with Crippen LogP contribution < -0.4 is 5.32 Å². The number of hydrogen-bond acceptors (Lipinski definition) is 6. The molecule has 4 aromatic rings. The van der Waals surface area contributed by atoms with Gasteiger partial charge >= 0.3 is 0 Å².